The number of benzene rings is 1. The lowest BCUT2D eigenvalue weighted by atomic mass is 9.97. The van der Waals surface area contributed by atoms with Crippen LogP contribution >= 0.6 is 11.3 Å². The third-order valence-corrected chi connectivity index (χ3v) is 8.33. The number of carbonyl (C=O) groups excluding carboxylic acids is 1. The molecule has 1 amide bonds. The first-order valence-corrected chi connectivity index (χ1v) is 12.2. The lowest BCUT2D eigenvalue weighted by Crippen LogP contribution is -2.42. The smallest absolute Gasteiger partial charge is 0.243 e. The van der Waals surface area contributed by atoms with Crippen LogP contribution in [-0.4, -0.2) is 36.3 Å². The summed E-state index contributed by atoms with van der Waals surface area (Å²) in [6, 6.07) is 11.2. The molecule has 0 atom stereocenters. The van der Waals surface area contributed by atoms with Gasteiger partial charge in [0.2, 0.25) is 15.9 Å². The standard InChI is InChI=1S/C21H25N3O3S2/c1-2-23-10-7-17-14-19(5-6-20(17)23)29(26,27)24-11-8-16(9-12-24)21(25)22-15-18-4-3-13-28-18/h3-7,10,13-14,16H,2,8-9,11-12,15H2,1H3,(H,22,25). The van der Waals surface area contributed by atoms with Crippen LogP contribution in [0.25, 0.3) is 10.9 Å². The second kappa shape index (κ2) is 8.30. The Bertz CT molecular complexity index is 1100. The van der Waals surface area contributed by atoms with E-state index in [1.54, 1.807) is 23.5 Å². The molecule has 8 heteroatoms. The number of nitrogens with one attached hydrogen (secondary N) is 1. The van der Waals surface area contributed by atoms with E-state index < -0.39 is 10.0 Å². The molecule has 3 heterocycles. The Kier molecular flexibility index (Phi) is 5.76. The second-order valence-electron chi connectivity index (χ2n) is 7.30. The monoisotopic (exact) mass is 431 g/mol. The zero-order valence-corrected chi connectivity index (χ0v) is 18.0. The molecule has 6 nitrogen and oxygen atoms in total. The number of hydrogen-bond donors (Lipinski definition) is 1. The first-order chi connectivity index (χ1) is 14.0. The molecule has 4 rings (SSSR count). The minimum absolute atomic E-state index is 0.0118. The highest BCUT2D eigenvalue weighted by Gasteiger charge is 2.32. The van der Waals surface area contributed by atoms with Gasteiger partial charge in [-0.2, -0.15) is 4.31 Å². The van der Waals surface area contributed by atoms with Crippen LogP contribution in [0.1, 0.15) is 24.6 Å². The quantitative estimate of drug-likeness (QED) is 0.650. The Balaban J connectivity index is 1.40. The number of amides is 1. The summed E-state index contributed by atoms with van der Waals surface area (Å²) < 4.78 is 29.8. The van der Waals surface area contributed by atoms with Gasteiger partial charge in [0.1, 0.15) is 0 Å². The van der Waals surface area contributed by atoms with E-state index in [1.807, 2.05) is 35.8 Å². The van der Waals surface area contributed by atoms with Gasteiger partial charge in [-0.15, -0.1) is 11.3 Å². The summed E-state index contributed by atoms with van der Waals surface area (Å²) in [6.45, 7) is 4.18. The van der Waals surface area contributed by atoms with Gasteiger partial charge in [0, 0.05) is 47.5 Å². The molecule has 1 aliphatic heterocycles. The normalized spacial score (nSPS) is 16.3. The van der Waals surface area contributed by atoms with Gasteiger partial charge >= 0.3 is 0 Å². The SMILES string of the molecule is CCn1ccc2cc(S(=O)(=O)N3CCC(C(=O)NCc4cccs4)CC3)ccc21. The minimum atomic E-state index is -3.55. The van der Waals surface area contributed by atoms with Crippen molar-refractivity contribution >= 4 is 38.2 Å². The largest absolute Gasteiger partial charge is 0.351 e. The molecule has 0 spiro atoms. The van der Waals surface area contributed by atoms with Crippen LogP contribution in [0.2, 0.25) is 0 Å². The number of aromatic nitrogens is 1. The molecule has 1 aromatic carbocycles. The van der Waals surface area contributed by atoms with Crippen molar-refractivity contribution in [3.05, 3.63) is 52.9 Å². The van der Waals surface area contributed by atoms with Crippen molar-refractivity contribution < 1.29 is 13.2 Å². The maximum Gasteiger partial charge on any atom is 0.243 e. The van der Waals surface area contributed by atoms with E-state index in [0.29, 0.717) is 37.4 Å². The number of nitrogens with zero attached hydrogens (tertiary/aromatic N) is 2. The molecule has 3 aromatic rings. The third kappa shape index (κ3) is 4.10. The number of carbonyl (C=O) groups is 1. The summed E-state index contributed by atoms with van der Waals surface area (Å²) in [4.78, 5) is 13.9. The maximum absolute atomic E-state index is 13.1. The first kappa shape index (κ1) is 20.1. The molecular weight excluding hydrogens is 406 g/mol. The van der Waals surface area contributed by atoms with Crippen LogP contribution in [0.5, 0.6) is 0 Å². The van der Waals surface area contributed by atoms with E-state index in [1.165, 1.54) is 4.31 Å². The third-order valence-electron chi connectivity index (χ3n) is 5.56. The predicted molar refractivity (Wildman–Crippen MR) is 115 cm³/mol. The van der Waals surface area contributed by atoms with E-state index in [2.05, 4.69) is 16.8 Å². The molecule has 0 bridgehead atoms. The number of rotatable bonds is 6. The zero-order chi connectivity index (χ0) is 20.4. The van der Waals surface area contributed by atoms with Crippen molar-refractivity contribution in [2.45, 2.75) is 37.8 Å². The van der Waals surface area contributed by atoms with Gasteiger partial charge in [0.05, 0.1) is 11.4 Å². The lowest BCUT2D eigenvalue weighted by molar-refractivity contribution is -0.126. The molecule has 0 radical (unpaired) electrons. The highest BCUT2D eigenvalue weighted by atomic mass is 32.2. The molecule has 1 aliphatic rings. The minimum Gasteiger partial charge on any atom is -0.351 e. The van der Waals surface area contributed by atoms with Crippen LogP contribution in [0.3, 0.4) is 0 Å². The summed E-state index contributed by atoms with van der Waals surface area (Å²) in [5, 5.41) is 5.88. The van der Waals surface area contributed by atoms with Crippen LogP contribution in [0, 0.1) is 5.92 Å². The molecular formula is C21H25N3O3S2. The summed E-state index contributed by atoms with van der Waals surface area (Å²) in [6.07, 6.45) is 3.06. The Labute approximate surface area is 175 Å². The van der Waals surface area contributed by atoms with Crippen LogP contribution < -0.4 is 5.32 Å². The van der Waals surface area contributed by atoms with Gasteiger partial charge in [-0.1, -0.05) is 6.07 Å². The van der Waals surface area contributed by atoms with Crippen molar-refractivity contribution in [1.29, 1.82) is 0 Å². The van der Waals surface area contributed by atoms with Crippen molar-refractivity contribution in [1.82, 2.24) is 14.2 Å². The Morgan fingerprint density at radius 3 is 2.69 bits per heavy atom. The highest BCUT2D eigenvalue weighted by molar-refractivity contribution is 7.89. The maximum atomic E-state index is 13.1. The van der Waals surface area contributed by atoms with Crippen molar-refractivity contribution in [2.24, 2.45) is 5.92 Å². The van der Waals surface area contributed by atoms with E-state index in [-0.39, 0.29) is 11.8 Å². The number of thiophene rings is 1. The number of sulfonamides is 1. The van der Waals surface area contributed by atoms with Gasteiger partial charge in [-0.3, -0.25) is 4.79 Å². The fourth-order valence-corrected chi connectivity index (χ4v) is 6.00. The molecule has 0 unspecified atom stereocenters. The second-order valence-corrected chi connectivity index (χ2v) is 10.3. The number of hydrogen-bond acceptors (Lipinski definition) is 4. The molecule has 29 heavy (non-hydrogen) atoms. The Morgan fingerprint density at radius 1 is 1.21 bits per heavy atom. The van der Waals surface area contributed by atoms with Crippen molar-refractivity contribution in [3.8, 4) is 0 Å². The molecule has 1 fully saturated rings. The summed E-state index contributed by atoms with van der Waals surface area (Å²) in [5.74, 6) is -0.125. The fourth-order valence-electron chi connectivity index (χ4n) is 3.85. The fraction of sp³-hybridized carbons (Fsp3) is 0.381. The van der Waals surface area contributed by atoms with Crippen LogP contribution in [0.4, 0.5) is 0 Å². The van der Waals surface area contributed by atoms with Gasteiger partial charge in [0.25, 0.3) is 0 Å². The Morgan fingerprint density at radius 2 is 2.00 bits per heavy atom. The summed E-state index contributed by atoms with van der Waals surface area (Å²) >= 11 is 1.61. The van der Waals surface area contributed by atoms with Gasteiger partial charge in [-0.25, -0.2) is 8.42 Å². The zero-order valence-electron chi connectivity index (χ0n) is 16.4. The average Bonchev–Trinajstić information content (AvgIpc) is 3.41. The topological polar surface area (TPSA) is 71.4 Å². The molecule has 2 aromatic heterocycles. The van der Waals surface area contributed by atoms with Crippen LogP contribution in [-0.2, 0) is 27.9 Å². The Hall–Kier alpha value is -2.16. The number of piperidine rings is 1. The van der Waals surface area contributed by atoms with E-state index in [0.717, 1.165) is 22.3 Å². The first-order valence-electron chi connectivity index (χ1n) is 9.88. The van der Waals surface area contributed by atoms with Gasteiger partial charge < -0.3 is 9.88 Å². The highest BCUT2D eigenvalue weighted by Crippen LogP contribution is 2.27. The molecule has 0 saturated carbocycles. The van der Waals surface area contributed by atoms with Crippen LogP contribution in [0.15, 0.2) is 52.9 Å². The predicted octanol–water partition coefficient (Wildman–Crippen LogP) is 3.44. The molecule has 154 valence electrons. The lowest BCUT2D eigenvalue weighted by Gasteiger charge is -2.30. The van der Waals surface area contributed by atoms with E-state index in [4.69, 9.17) is 0 Å². The van der Waals surface area contributed by atoms with Crippen molar-refractivity contribution in [2.75, 3.05) is 13.1 Å². The molecule has 1 saturated heterocycles. The van der Waals surface area contributed by atoms with Gasteiger partial charge in [-0.05, 0) is 55.5 Å². The van der Waals surface area contributed by atoms with E-state index in [9.17, 15) is 13.2 Å². The number of aryl methyl sites for hydroxylation is 1. The van der Waals surface area contributed by atoms with E-state index >= 15 is 0 Å². The summed E-state index contributed by atoms with van der Waals surface area (Å²) in [5.41, 5.74) is 1.03. The summed E-state index contributed by atoms with van der Waals surface area (Å²) in [7, 11) is -3.55. The number of fused-ring (bicyclic) bond motifs is 1. The average molecular weight is 432 g/mol. The van der Waals surface area contributed by atoms with Crippen molar-refractivity contribution in [3.63, 3.8) is 0 Å². The molecule has 1 N–H and O–H groups in total. The van der Waals surface area contributed by atoms with Gasteiger partial charge in [0.15, 0.2) is 0 Å². The molecule has 0 aliphatic carbocycles.